The fourth-order valence-corrected chi connectivity index (χ4v) is 3.93. The van der Waals surface area contributed by atoms with Crippen LogP contribution in [0.4, 0.5) is 5.69 Å². The Bertz CT molecular complexity index is 980. The molecule has 2 unspecified atom stereocenters. The summed E-state index contributed by atoms with van der Waals surface area (Å²) in [5.74, 6) is 0.376. The van der Waals surface area contributed by atoms with Crippen molar-refractivity contribution in [2.75, 3.05) is 25.5 Å². The first-order chi connectivity index (χ1) is 15.7. The molecule has 1 fully saturated rings. The number of nitrogens with one attached hydrogen (secondary N) is 3. The molecular formula is C26H33N3O4. The van der Waals surface area contributed by atoms with E-state index in [2.05, 4.69) is 36.7 Å². The second-order valence-corrected chi connectivity index (χ2v) is 9.66. The highest BCUT2D eigenvalue weighted by molar-refractivity contribution is 5.95. The summed E-state index contributed by atoms with van der Waals surface area (Å²) in [6.07, 6.45) is 1.49. The maximum atomic E-state index is 13.2. The molecule has 0 aromatic heterocycles. The number of benzene rings is 2. The van der Waals surface area contributed by atoms with Gasteiger partial charge in [-0.2, -0.15) is 0 Å². The Hall–Kier alpha value is -3.19. The molecular weight excluding hydrogens is 418 g/mol. The number of hydrogen-bond acceptors (Lipinski definition) is 5. The van der Waals surface area contributed by atoms with Crippen molar-refractivity contribution in [3.8, 4) is 5.75 Å². The summed E-state index contributed by atoms with van der Waals surface area (Å²) in [7, 11) is 1.59. The number of rotatable bonds is 9. The number of amides is 2. The lowest BCUT2D eigenvalue weighted by atomic mass is 9.85. The molecule has 7 heteroatoms. The van der Waals surface area contributed by atoms with Gasteiger partial charge < -0.3 is 25.5 Å². The number of ether oxygens (including phenoxy) is 1. The second kappa shape index (κ2) is 10.2. The molecule has 0 aliphatic carbocycles. The first-order valence-corrected chi connectivity index (χ1v) is 11.2. The van der Waals surface area contributed by atoms with Crippen LogP contribution in [-0.2, 0) is 19.8 Å². The molecule has 2 amide bonds. The van der Waals surface area contributed by atoms with Gasteiger partial charge in [-0.05, 0) is 53.8 Å². The number of carbonyl (C=O) groups is 3. The summed E-state index contributed by atoms with van der Waals surface area (Å²) in [5.41, 5.74) is 1.97. The predicted octanol–water partition coefficient (Wildman–Crippen LogP) is 3.36. The van der Waals surface area contributed by atoms with Crippen molar-refractivity contribution in [1.82, 2.24) is 10.6 Å². The average Bonchev–Trinajstić information content (AvgIpc) is 3.17. The highest BCUT2D eigenvalue weighted by Crippen LogP contribution is 2.28. The van der Waals surface area contributed by atoms with Crippen LogP contribution in [0.3, 0.4) is 0 Å². The minimum Gasteiger partial charge on any atom is -0.497 e. The topological polar surface area (TPSA) is 96.5 Å². The standard InChI is InChI=1S/C26H33N3O4/c1-25(2,3)19-7-9-20(10-8-19)29-24(32)23(18-5-11-21(33-4)12-6-18)27-14-13-26(17-30)15-22(31)28-16-26/h5-12,17,23,27H,13-16H2,1-4H3,(H,28,31)(H,29,32). The second-order valence-electron chi connectivity index (χ2n) is 9.66. The zero-order valence-electron chi connectivity index (χ0n) is 19.7. The van der Waals surface area contributed by atoms with Crippen molar-refractivity contribution in [2.45, 2.75) is 45.1 Å². The van der Waals surface area contributed by atoms with Crippen molar-refractivity contribution >= 4 is 23.8 Å². The number of aldehydes is 1. The lowest BCUT2D eigenvalue weighted by Crippen LogP contribution is -2.37. The van der Waals surface area contributed by atoms with E-state index in [0.29, 0.717) is 30.9 Å². The number of methoxy groups -OCH3 is 1. The third-order valence-electron chi connectivity index (χ3n) is 6.10. The van der Waals surface area contributed by atoms with E-state index in [1.165, 1.54) is 5.56 Å². The van der Waals surface area contributed by atoms with Crippen LogP contribution in [0.5, 0.6) is 5.75 Å². The highest BCUT2D eigenvalue weighted by atomic mass is 16.5. The average molecular weight is 452 g/mol. The third kappa shape index (κ3) is 6.20. The van der Waals surface area contributed by atoms with E-state index in [1.807, 2.05) is 48.5 Å². The van der Waals surface area contributed by atoms with Gasteiger partial charge in [-0.1, -0.05) is 45.0 Å². The fourth-order valence-electron chi connectivity index (χ4n) is 3.93. The van der Waals surface area contributed by atoms with Crippen LogP contribution in [0.15, 0.2) is 48.5 Å². The maximum Gasteiger partial charge on any atom is 0.246 e. The van der Waals surface area contributed by atoms with Crippen LogP contribution in [0.1, 0.15) is 50.8 Å². The van der Waals surface area contributed by atoms with E-state index in [0.717, 1.165) is 11.8 Å². The Morgan fingerprint density at radius 2 is 1.82 bits per heavy atom. The van der Waals surface area contributed by atoms with Gasteiger partial charge in [0.05, 0.1) is 12.5 Å². The third-order valence-corrected chi connectivity index (χ3v) is 6.10. The van der Waals surface area contributed by atoms with Gasteiger partial charge in [0.25, 0.3) is 0 Å². The number of anilines is 1. The minimum absolute atomic E-state index is 0.0285. The molecule has 2 aromatic carbocycles. The van der Waals surface area contributed by atoms with Crippen LogP contribution in [0, 0.1) is 5.41 Å². The van der Waals surface area contributed by atoms with Gasteiger partial charge in [0.2, 0.25) is 11.8 Å². The Kier molecular flexibility index (Phi) is 7.53. The summed E-state index contributed by atoms with van der Waals surface area (Å²) in [5, 5.41) is 8.99. The Morgan fingerprint density at radius 3 is 2.33 bits per heavy atom. The van der Waals surface area contributed by atoms with Crippen LogP contribution in [0.25, 0.3) is 0 Å². The molecule has 0 spiro atoms. The van der Waals surface area contributed by atoms with Gasteiger partial charge >= 0.3 is 0 Å². The molecule has 0 radical (unpaired) electrons. The molecule has 176 valence electrons. The largest absolute Gasteiger partial charge is 0.497 e. The SMILES string of the molecule is COc1ccc(C(NCCC2(C=O)CNC(=O)C2)C(=O)Nc2ccc(C(C)(C)C)cc2)cc1. The van der Waals surface area contributed by atoms with E-state index in [-0.39, 0.29) is 23.7 Å². The molecule has 1 aliphatic rings. The van der Waals surface area contributed by atoms with Crippen molar-refractivity contribution in [3.05, 3.63) is 59.7 Å². The molecule has 1 aliphatic heterocycles. The van der Waals surface area contributed by atoms with E-state index in [9.17, 15) is 14.4 Å². The molecule has 2 atom stereocenters. The first-order valence-electron chi connectivity index (χ1n) is 11.2. The van der Waals surface area contributed by atoms with Crippen molar-refractivity contribution in [2.24, 2.45) is 5.41 Å². The van der Waals surface area contributed by atoms with Crippen LogP contribution in [-0.4, -0.2) is 38.3 Å². The van der Waals surface area contributed by atoms with Crippen LogP contribution < -0.4 is 20.7 Å². The fraction of sp³-hybridized carbons (Fsp3) is 0.423. The molecule has 0 saturated carbocycles. The minimum atomic E-state index is -0.728. The summed E-state index contributed by atoms with van der Waals surface area (Å²) in [6, 6.07) is 14.5. The molecule has 3 N–H and O–H groups in total. The van der Waals surface area contributed by atoms with E-state index in [1.54, 1.807) is 7.11 Å². The van der Waals surface area contributed by atoms with Gasteiger partial charge in [0, 0.05) is 18.7 Å². The van der Waals surface area contributed by atoms with Gasteiger partial charge in [0.1, 0.15) is 18.1 Å². The van der Waals surface area contributed by atoms with E-state index >= 15 is 0 Å². The quantitative estimate of drug-likeness (QED) is 0.508. The molecule has 2 aromatic rings. The van der Waals surface area contributed by atoms with Crippen molar-refractivity contribution < 1.29 is 19.1 Å². The summed E-state index contributed by atoms with van der Waals surface area (Å²) in [6.45, 7) is 7.16. The van der Waals surface area contributed by atoms with Crippen molar-refractivity contribution in [1.29, 1.82) is 0 Å². The molecule has 33 heavy (non-hydrogen) atoms. The monoisotopic (exact) mass is 451 g/mol. The molecule has 0 bridgehead atoms. The van der Waals surface area contributed by atoms with Gasteiger partial charge in [-0.15, -0.1) is 0 Å². The Morgan fingerprint density at radius 1 is 1.15 bits per heavy atom. The molecule has 3 rings (SSSR count). The zero-order chi connectivity index (χ0) is 24.1. The van der Waals surface area contributed by atoms with Crippen LogP contribution in [0.2, 0.25) is 0 Å². The molecule has 1 heterocycles. The number of hydrogen-bond donors (Lipinski definition) is 3. The molecule has 7 nitrogen and oxygen atoms in total. The first kappa shape index (κ1) is 24.5. The lowest BCUT2D eigenvalue weighted by molar-refractivity contribution is -0.122. The van der Waals surface area contributed by atoms with Crippen molar-refractivity contribution in [3.63, 3.8) is 0 Å². The predicted molar refractivity (Wildman–Crippen MR) is 128 cm³/mol. The van der Waals surface area contributed by atoms with Gasteiger partial charge in [-0.25, -0.2) is 0 Å². The Labute approximate surface area is 195 Å². The zero-order valence-corrected chi connectivity index (χ0v) is 19.7. The smallest absolute Gasteiger partial charge is 0.246 e. The maximum absolute atomic E-state index is 13.2. The summed E-state index contributed by atoms with van der Waals surface area (Å²) >= 11 is 0. The molecule has 1 saturated heterocycles. The number of carbonyl (C=O) groups excluding carboxylic acids is 3. The normalized spacial score (nSPS) is 19.0. The summed E-state index contributed by atoms with van der Waals surface area (Å²) in [4.78, 5) is 36.5. The van der Waals surface area contributed by atoms with E-state index in [4.69, 9.17) is 4.74 Å². The summed E-state index contributed by atoms with van der Waals surface area (Å²) < 4.78 is 5.23. The highest BCUT2D eigenvalue weighted by Gasteiger charge is 2.38. The van der Waals surface area contributed by atoms with E-state index < -0.39 is 11.5 Å². The van der Waals surface area contributed by atoms with Gasteiger partial charge in [-0.3, -0.25) is 9.59 Å². The Balaban J connectivity index is 1.74. The lowest BCUT2D eigenvalue weighted by Gasteiger charge is -2.24. The van der Waals surface area contributed by atoms with Gasteiger partial charge in [0.15, 0.2) is 0 Å². The van der Waals surface area contributed by atoms with Crippen LogP contribution >= 0.6 is 0 Å².